The second-order valence-electron chi connectivity index (χ2n) is 5.64. The van der Waals surface area contributed by atoms with Gasteiger partial charge in [0.25, 0.3) is 0 Å². The van der Waals surface area contributed by atoms with E-state index in [1.807, 2.05) is 32.9 Å². The first-order valence-corrected chi connectivity index (χ1v) is 7.39. The molecule has 2 aromatic carbocycles. The molecule has 0 atom stereocenters. The molecule has 0 aliphatic rings. The number of para-hydroxylation sites is 1. The molecule has 2 amide bonds. The molecule has 2 N–H and O–H groups in total. The lowest BCUT2D eigenvalue weighted by Crippen LogP contribution is -2.23. The largest absolute Gasteiger partial charge is 0.325 e. The first-order valence-electron chi connectivity index (χ1n) is 7.39. The molecule has 0 unspecified atom stereocenters. The molecule has 0 bridgehead atoms. The Morgan fingerprint density at radius 3 is 1.83 bits per heavy atom. The van der Waals surface area contributed by atoms with E-state index in [-0.39, 0.29) is 0 Å². The number of hydrogen-bond acceptors (Lipinski definition) is 2. The molecule has 126 valence electrons. The van der Waals surface area contributed by atoms with Crippen LogP contribution in [0.5, 0.6) is 0 Å². The number of benzene rings is 2. The molecule has 0 spiro atoms. The molecule has 0 saturated carbocycles. The fourth-order valence-corrected chi connectivity index (χ4v) is 2.51. The lowest BCUT2D eigenvalue weighted by atomic mass is 10.0. The number of carbonyl (C=O) groups excluding carboxylic acids is 2. The zero-order chi connectivity index (χ0) is 17.9. The third kappa shape index (κ3) is 4.16. The highest BCUT2D eigenvalue weighted by molar-refractivity contribution is 6.08. The molecule has 2 rings (SSSR count). The molecule has 2 aromatic rings. The Labute approximate surface area is 138 Å². The Balaban J connectivity index is 2.04. The number of hydrogen-bond donors (Lipinski definition) is 2. The summed E-state index contributed by atoms with van der Waals surface area (Å²) in [7, 11) is 0. The highest BCUT2D eigenvalue weighted by Crippen LogP contribution is 2.22. The van der Waals surface area contributed by atoms with Crippen molar-refractivity contribution in [2.75, 3.05) is 10.6 Å². The van der Waals surface area contributed by atoms with Crippen LogP contribution in [0.1, 0.15) is 23.1 Å². The van der Waals surface area contributed by atoms with Crippen LogP contribution in [-0.2, 0) is 9.59 Å². The van der Waals surface area contributed by atoms with E-state index in [1.54, 1.807) is 0 Å². The Bertz CT molecular complexity index is 760. The van der Waals surface area contributed by atoms with Crippen molar-refractivity contribution in [2.45, 2.75) is 27.2 Å². The van der Waals surface area contributed by atoms with E-state index >= 15 is 0 Å². The average Bonchev–Trinajstić information content (AvgIpc) is 2.47. The minimum absolute atomic E-state index is 0.541. The number of aryl methyl sites for hydroxylation is 3. The van der Waals surface area contributed by atoms with Crippen molar-refractivity contribution in [1.29, 1.82) is 0 Å². The van der Waals surface area contributed by atoms with Crippen molar-refractivity contribution in [2.24, 2.45) is 0 Å². The highest BCUT2D eigenvalue weighted by Gasteiger charge is 2.16. The zero-order valence-corrected chi connectivity index (χ0v) is 13.7. The van der Waals surface area contributed by atoms with E-state index in [0.717, 1.165) is 28.8 Å². The Hall–Kier alpha value is -2.76. The van der Waals surface area contributed by atoms with Gasteiger partial charge in [0.1, 0.15) is 23.7 Å². The first-order chi connectivity index (χ1) is 11.3. The van der Waals surface area contributed by atoms with Gasteiger partial charge < -0.3 is 10.6 Å². The molecular weight excluding hydrogens is 314 g/mol. The van der Waals surface area contributed by atoms with Gasteiger partial charge in [0, 0.05) is 5.69 Å². The van der Waals surface area contributed by atoms with E-state index < -0.39 is 35.6 Å². The summed E-state index contributed by atoms with van der Waals surface area (Å²) in [5.41, 5.74) is 2.90. The van der Waals surface area contributed by atoms with Gasteiger partial charge in [-0.05, 0) is 44.0 Å². The van der Waals surface area contributed by atoms with Crippen LogP contribution in [0.25, 0.3) is 0 Å². The fourth-order valence-electron chi connectivity index (χ4n) is 2.51. The predicted molar refractivity (Wildman–Crippen MR) is 88.9 cm³/mol. The van der Waals surface area contributed by atoms with Gasteiger partial charge in [-0.25, -0.2) is 8.78 Å². The molecule has 0 aromatic heterocycles. The summed E-state index contributed by atoms with van der Waals surface area (Å²) < 4.78 is 27.0. The fraction of sp³-hybridized carbons (Fsp3) is 0.222. The summed E-state index contributed by atoms with van der Waals surface area (Å²) in [4.78, 5) is 23.8. The van der Waals surface area contributed by atoms with Crippen LogP contribution in [0.15, 0.2) is 30.3 Å². The van der Waals surface area contributed by atoms with Crippen LogP contribution >= 0.6 is 0 Å². The third-order valence-electron chi connectivity index (χ3n) is 3.49. The summed E-state index contributed by atoms with van der Waals surface area (Å²) in [5.74, 6) is -3.14. The summed E-state index contributed by atoms with van der Waals surface area (Å²) in [5, 5.41) is 4.75. The van der Waals surface area contributed by atoms with Crippen molar-refractivity contribution in [3.63, 3.8) is 0 Å². The topological polar surface area (TPSA) is 58.2 Å². The van der Waals surface area contributed by atoms with Gasteiger partial charge in [-0.1, -0.05) is 23.8 Å². The van der Waals surface area contributed by atoms with Crippen LogP contribution in [0.3, 0.4) is 0 Å². The second kappa shape index (κ2) is 7.21. The van der Waals surface area contributed by atoms with Gasteiger partial charge >= 0.3 is 0 Å². The number of anilines is 2. The molecule has 4 nitrogen and oxygen atoms in total. The molecule has 6 heteroatoms. The van der Waals surface area contributed by atoms with Crippen molar-refractivity contribution in [3.8, 4) is 0 Å². The number of rotatable bonds is 4. The summed E-state index contributed by atoms with van der Waals surface area (Å²) >= 11 is 0. The van der Waals surface area contributed by atoms with Crippen molar-refractivity contribution in [3.05, 3.63) is 58.7 Å². The van der Waals surface area contributed by atoms with Crippen LogP contribution in [0.4, 0.5) is 20.2 Å². The van der Waals surface area contributed by atoms with Crippen LogP contribution in [-0.4, -0.2) is 11.8 Å². The maximum atomic E-state index is 13.5. The van der Waals surface area contributed by atoms with E-state index in [9.17, 15) is 18.4 Å². The lowest BCUT2D eigenvalue weighted by molar-refractivity contribution is -0.123. The summed E-state index contributed by atoms with van der Waals surface area (Å²) in [6, 6.07) is 7.07. The zero-order valence-electron chi connectivity index (χ0n) is 13.7. The van der Waals surface area contributed by atoms with Crippen LogP contribution < -0.4 is 10.6 Å². The smallest absolute Gasteiger partial charge is 0.233 e. The van der Waals surface area contributed by atoms with Crippen molar-refractivity contribution >= 4 is 23.2 Å². The molecule has 0 aliphatic heterocycles. The lowest BCUT2D eigenvalue weighted by Gasteiger charge is -2.13. The monoisotopic (exact) mass is 332 g/mol. The van der Waals surface area contributed by atoms with E-state index in [2.05, 4.69) is 10.6 Å². The molecule has 0 saturated heterocycles. The van der Waals surface area contributed by atoms with Gasteiger partial charge in [-0.3, -0.25) is 9.59 Å². The van der Waals surface area contributed by atoms with Gasteiger partial charge in [0.05, 0.1) is 0 Å². The molecule has 0 radical (unpaired) electrons. The van der Waals surface area contributed by atoms with Crippen LogP contribution in [0.2, 0.25) is 0 Å². The highest BCUT2D eigenvalue weighted by atomic mass is 19.1. The molecular formula is C18H18F2N2O2. The van der Waals surface area contributed by atoms with E-state index in [1.165, 1.54) is 6.07 Å². The Morgan fingerprint density at radius 1 is 0.875 bits per heavy atom. The van der Waals surface area contributed by atoms with Gasteiger partial charge in [0.2, 0.25) is 11.8 Å². The maximum absolute atomic E-state index is 13.5. The normalized spacial score (nSPS) is 10.4. The second-order valence-corrected chi connectivity index (χ2v) is 5.64. The third-order valence-corrected chi connectivity index (χ3v) is 3.49. The summed E-state index contributed by atoms with van der Waals surface area (Å²) in [6.45, 7) is 5.65. The van der Waals surface area contributed by atoms with Gasteiger partial charge in [-0.15, -0.1) is 0 Å². The molecule has 0 heterocycles. The van der Waals surface area contributed by atoms with Crippen molar-refractivity contribution < 1.29 is 18.4 Å². The summed E-state index contributed by atoms with van der Waals surface area (Å²) in [6.07, 6.45) is -0.541. The quantitative estimate of drug-likeness (QED) is 0.835. The first kappa shape index (κ1) is 17.6. The Kier molecular flexibility index (Phi) is 5.28. The maximum Gasteiger partial charge on any atom is 0.233 e. The standard InChI is InChI=1S/C18H18F2N2O2/c1-10-7-11(2)17(12(3)8-10)21-15(23)9-16(24)22-18-13(19)5-4-6-14(18)20/h4-8H,9H2,1-3H3,(H,21,23)(H,22,24). The minimum atomic E-state index is -0.894. The van der Waals surface area contributed by atoms with E-state index in [4.69, 9.17) is 0 Å². The van der Waals surface area contributed by atoms with E-state index in [0.29, 0.717) is 5.69 Å². The van der Waals surface area contributed by atoms with Gasteiger partial charge in [0.15, 0.2) is 0 Å². The molecule has 24 heavy (non-hydrogen) atoms. The predicted octanol–water partition coefficient (Wildman–Crippen LogP) is 3.86. The SMILES string of the molecule is Cc1cc(C)c(NC(=O)CC(=O)Nc2c(F)cccc2F)c(C)c1. The number of halogens is 2. The number of nitrogens with one attached hydrogen (secondary N) is 2. The Morgan fingerprint density at radius 2 is 1.33 bits per heavy atom. The number of carbonyl (C=O) groups is 2. The number of amides is 2. The molecule has 0 fully saturated rings. The van der Waals surface area contributed by atoms with Crippen molar-refractivity contribution in [1.82, 2.24) is 0 Å². The minimum Gasteiger partial charge on any atom is -0.325 e. The van der Waals surface area contributed by atoms with Crippen LogP contribution in [0, 0.1) is 32.4 Å². The average molecular weight is 332 g/mol. The molecule has 0 aliphatic carbocycles. The van der Waals surface area contributed by atoms with Gasteiger partial charge in [-0.2, -0.15) is 0 Å².